The smallest absolute Gasteiger partial charge is 0.185 e. The summed E-state index contributed by atoms with van der Waals surface area (Å²) in [7, 11) is 0. The molecule has 0 unspecified atom stereocenters. The van der Waals surface area contributed by atoms with Gasteiger partial charge in [-0.2, -0.15) is 0 Å². The number of hydrogen-bond acceptors (Lipinski definition) is 7. The predicted octanol–water partition coefficient (Wildman–Crippen LogP) is 1.31. The third-order valence-electron chi connectivity index (χ3n) is 2.25. The minimum atomic E-state index is 0.109. The van der Waals surface area contributed by atoms with E-state index in [1.807, 2.05) is 0 Å². The number of rotatable bonds is 15. The number of hydrogen-bond donors (Lipinski definition) is 0. The van der Waals surface area contributed by atoms with Crippen LogP contribution < -0.4 is 0 Å². The molecule has 0 bridgehead atoms. The molecule has 0 aromatic heterocycles. The first kappa shape index (κ1) is 20.5. The molecule has 0 fully saturated rings. The molecule has 7 heteroatoms. The summed E-state index contributed by atoms with van der Waals surface area (Å²) in [5.74, 6) is 0.814. The van der Waals surface area contributed by atoms with Gasteiger partial charge in [0.05, 0.1) is 52.9 Å². The Hall–Kier alpha value is -0.470. The van der Waals surface area contributed by atoms with Crippen molar-refractivity contribution in [1.29, 1.82) is 0 Å². The van der Waals surface area contributed by atoms with Crippen LogP contribution in [0.5, 0.6) is 0 Å². The first-order valence-electron chi connectivity index (χ1n) is 7.06. The summed E-state index contributed by atoms with van der Waals surface area (Å²) < 4.78 is 21.1. The fourth-order valence-electron chi connectivity index (χ4n) is 1.22. The highest BCUT2D eigenvalue weighted by molar-refractivity contribution is 8.13. The van der Waals surface area contributed by atoms with E-state index in [4.69, 9.17) is 18.9 Å². The monoisotopic (exact) mass is 322 g/mol. The van der Waals surface area contributed by atoms with Crippen molar-refractivity contribution in [2.45, 2.75) is 20.3 Å². The fraction of sp³-hybridized carbons (Fsp3) is 0.857. The lowest BCUT2D eigenvalue weighted by molar-refractivity contribution is -0.118. The number of carbonyl (C=O) groups excluding carboxylic acids is 2. The standard InChI is InChI=1S/C14H26O6S/c1-13(15)3-4-17-5-6-18-7-8-19-9-10-20-11-12-21-14(2)16/h3-12H2,1-2H3. The zero-order chi connectivity index (χ0) is 15.8. The molecule has 0 saturated carbocycles. The van der Waals surface area contributed by atoms with E-state index in [-0.39, 0.29) is 10.9 Å². The van der Waals surface area contributed by atoms with E-state index in [1.165, 1.54) is 11.8 Å². The summed E-state index contributed by atoms with van der Waals surface area (Å²) in [4.78, 5) is 21.3. The molecule has 0 heterocycles. The highest BCUT2D eigenvalue weighted by Gasteiger charge is 1.96. The van der Waals surface area contributed by atoms with Crippen LogP contribution in [0.3, 0.4) is 0 Å². The molecule has 0 aliphatic carbocycles. The summed E-state index contributed by atoms with van der Waals surface area (Å²) in [6.07, 6.45) is 0.452. The van der Waals surface area contributed by atoms with Gasteiger partial charge in [-0.15, -0.1) is 0 Å². The normalized spacial score (nSPS) is 10.8. The minimum Gasteiger partial charge on any atom is -0.379 e. The Balaban J connectivity index is 2.99. The van der Waals surface area contributed by atoms with Crippen molar-refractivity contribution in [2.24, 2.45) is 0 Å². The van der Waals surface area contributed by atoms with E-state index in [2.05, 4.69) is 0 Å². The predicted molar refractivity (Wildman–Crippen MR) is 81.7 cm³/mol. The average molecular weight is 322 g/mol. The molecule has 0 aliphatic rings. The van der Waals surface area contributed by atoms with Crippen molar-refractivity contribution in [1.82, 2.24) is 0 Å². The molecular weight excluding hydrogens is 296 g/mol. The molecule has 21 heavy (non-hydrogen) atoms. The van der Waals surface area contributed by atoms with Gasteiger partial charge in [-0.25, -0.2) is 0 Å². The third kappa shape index (κ3) is 19.5. The van der Waals surface area contributed by atoms with Crippen LogP contribution in [0.2, 0.25) is 0 Å². The van der Waals surface area contributed by atoms with Crippen LogP contribution in [-0.2, 0) is 28.5 Å². The summed E-state index contributed by atoms with van der Waals surface area (Å²) in [5, 5.41) is 0.109. The first-order valence-corrected chi connectivity index (χ1v) is 8.05. The van der Waals surface area contributed by atoms with E-state index in [9.17, 15) is 9.59 Å². The zero-order valence-electron chi connectivity index (χ0n) is 12.9. The highest BCUT2D eigenvalue weighted by atomic mass is 32.2. The SMILES string of the molecule is CC(=O)CCOCCOCCOCCOCCSC(C)=O. The van der Waals surface area contributed by atoms with Crippen LogP contribution in [0, 0.1) is 0 Å². The lowest BCUT2D eigenvalue weighted by Crippen LogP contribution is -2.13. The largest absolute Gasteiger partial charge is 0.379 e. The fourth-order valence-corrected chi connectivity index (χ4v) is 1.71. The Morgan fingerprint density at radius 2 is 1.14 bits per heavy atom. The van der Waals surface area contributed by atoms with Gasteiger partial charge in [0.1, 0.15) is 5.78 Å². The maximum atomic E-state index is 10.6. The number of Topliss-reactive ketones (excluding diaryl/α,β-unsaturated/α-hetero) is 1. The van der Waals surface area contributed by atoms with Crippen LogP contribution in [0.15, 0.2) is 0 Å². The summed E-state index contributed by atoms with van der Waals surface area (Å²) in [6.45, 7) is 7.15. The quantitative estimate of drug-likeness (QED) is 0.421. The van der Waals surface area contributed by atoms with Gasteiger partial charge in [-0.3, -0.25) is 9.59 Å². The molecule has 0 rings (SSSR count). The van der Waals surface area contributed by atoms with Crippen molar-refractivity contribution < 1.29 is 28.5 Å². The molecule has 0 atom stereocenters. The van der Waals surface area contributed by atoms with Crippen molar-refractivity contribution in [3.63, 3.8) is 0 Å². The van der Waals surface area contributed by atoms with Crippen LogP contribution in [-0.4, -0.2) is 69.5 Å². The van der Waals surface area contributed by atoms with Crippen molar-refractivity contribution in [2.75, 3.05) is 58.6 Å². The van der Waals surface area contributed by atoms with E-state index < -0.39 is 0 Å². The van der Waals surface area contributed by atoms with Gasteiger partial charge in [0.15, 0.2) is 5.12 Å². The molecule has 0 amide bonds. The van der Waals surface area contributed by atoms with Gasteiger partial charge in [0.2, 0.25) is 0 Å². The molecule has 0 aliphatic heterocycles. The van der Waals surface area contributed by atoms with Crippen LogP contribution in [0.4, 0.5) is 0 Å². The molecule has 0 N–H and O–H groups in total. The van der Waals surface area contributed by atoms with Gasteiger partial charge in [0.25, 0.3) is 0 Å². The second-order valence-electron chi connectivity index (χ2n) is 4.24. The molecular formula is C14H26O6S. The minimum absolute atomic E-state index is 0.109. The molecule has 0 saturated heterocycles. The van der Waals surface area contributed by atoms with Crippen molar-refractivity contribution >= 4 is 22.7 Å². The molecule has 124 valence electrons. The number of carbonyl (C=O) groups is 2. The second-order valence-corrected chi connectivity index (χ2v) is 5.51. The summed E-state index contributed by atoms with van der Waals surface area (Å²) in [6, 6.07) is 0. The van der Waals surface area contributed by atoms with Crippen LogP contribution in [0.1, 0.15) is 20.3 Å². The van der Waals surface area contributed by atoms with E-state index in [0.29, 0.717) is 65.0 Å². The van der Waals surface area contributed by atoms with Crippen LogP contribution in [0.25, 0.3) is 0 Å². The maximum absolute atomic E-state index is 10.6. The van der Waals surface area contributed by atoms with Gasteiger partial charge < -0.3 is 18.9 Å². The molecule has 0 aromatic carbocycles. The Morgan fingerprint density at radius 1 is 0.714 bits per heavy atom. The Morgan fingerprint density at radius 3 is 1.57 bits per heavy atom. The van der Waals surface area contributed by atoms with Crippen molar-refractivity contribution in [3.8, 4) is 0 Å². The Labute approximate surface area is 130 Å². The first-order chi connectivity index (χ1) is 10.1. The third-order valence-corrected chi connectivity index (χ3v) is 3.02. The second kappa shape index (κ2) is 15.9. The van der Waals surface area contributed by atoms with Crippen LogP contribution >= 0.6 is 11.8 Å². The lowest BCUT2D eigenvalue weighted by atomic mass is 10.3. The topological polar surface area (TPSA) is 71.1 Å². The lowest BCUT2D eigenvalue weighted by Gasteiger charge is -2.07. The average Bonchev–Trinajstić information content (AvgIpc) is 2.42. The van der Waals surface area contributed by atoms with Gasteiger partial charge >= 0.3 is 0 Å². The molecule has 6 nitrogen and oxygen atoms in total. The van der Waals surface area contributed by atoms with E-state index in [0.717, 1.165) is 0 Å². The molecule has 0 aromatic rings. The van der Waals surface area contributed by atoms with Gasteiger partial charge in [0, 0.05) is 19.1 Å². The van der Waals surface area contributed by atoms with Gasteiger partial charge in [-0.1, -0.05) is 11.8 Å². The van der Waals surface area contributed by atoms with E-state index in [1.54, 1.807) is 13.8 Å². The highest BCUT2D eigenvalue weighted by Crippen LogP contribution is 1.99. The Bertz CT molecular complexity index is 246. The van der Waals surface area contributed by atoms with E-state index >= 15 is 0 Å². The summed E-state index contributed by atoms with van der Waals surface area (Å²) in [5.41, 5.74) is 0. The number of ether oxygens (including phenoxy) is 4. The molecule has 0 radical (unpaired) electrons. The van der Waals surface area contributed by atoms with Crippen molar-refractivity contribution in [3.05, 3.63) is 0 Å². The maximum Gasteiger partial charge on any atom is 0.185 e. The number of ketones is 1. The zero-order valence-corrected chi connectivity index (χ0v) is 13.7. The Kier molecular flexibility index (Phi) is 15.6. The van der Waals surface area contributed by atoms with Gasteiger partial charge in [-0.05, 0) is 6.92 Å². The summed E-state index contributed by atoms with van der Waals surface area (Å²) >= 11 is 1.26. The number of thioether (sulfide) groups is 1. The molecule has 0 spiro atoms.